The highest BCUT2D eigenvalue weighted by atomic mass is 79.9. The molecular formula is C32H23BrN2O4S. The number of hydrogen-bond donors (Lipinski definition) is 1. The molecule has 0 aliphatic carbocycles. The van der Waals surface area contributed by atoms with Gasteiger partial charge in [0.15, 0.2) is 11.6 Å². The van der Waals surface area contributed by atoms with Crippen LogP contribution in [-0.2, 0) is 10.2 Å². The molecule has 1 spiro atoms. The van der Waals surface area contributed by atoms with Crippen LogP contribution in [0, 0.1) is 5.92 Å². The molecule has 3 aliphatic rings. The summed E-state index contributed by atoms with van der Waals surface area (Å²) in [6.45, 7) is 0. The van der Waals surface area contributed by atoms with Crippen LogP contribution in [0.3, 0.4) is 0 Å². The monoisotopic (exact) mass is 610 g/mol. The van der Waals surface area contributed by atoms with Crippen molar-refractivity contribution in [2.24, 2.45) is 5.92 Å². The van der Waals surface area contributed by atoms with Crippen LogP contribution < -0.4 is 10.1 Å². The SMILES string of the molecule is COc1ccc(C(=O)[C@@H]2[C@H](C(=O)c3cccs3)[C@]3(C(=O)Nc4ccccc43)[C@@H]3c4ccccc4C=CN23)cc1Br. The summed E-state index contributed by atoms with van der Waals surface area (Å²) in [7, 11) is 1.56. The minimum atomic E-state index is -1.33. The van der Waals surface area contributed by atoms with Crippen molar-refractivity contribution in [3.8, 4) is 5.75 Å². The molecule has 0 radical (unpaired) electrons. The molecule has 6 nitrogen and oxygen atoms in total. The van der Waals surface area contributed by atoms with Crippen LogP contribution in [0.15, 0.2) is 94.9 Å². The largest absolute Gasteiger partial charge is 0.496 e. The third kappa shape index (κ3) is 3.36. The van der Waals surface area contributed by atoms with E-state index in [2.05, 4.69) is 21.2 Å². The van der Waals surface area contributed by atoms with E-state index in [1.165, 1.54) is 11.3 Å². The molecule has 4 atom stereocenters. The van der Waals surface area contributed by atoms with Gasteiger partial charge in [0.1, 0.15) is 17.2 Å². The Morgan fingerprint density at radius 2 is 1.80 bits per heavy atom. The van der Waals surface area contributed by atoms with Gasteiger partial charge >= 0.3 is 0 Å². The maximum absolute atomic E-state index is 14.6. The number of fused-ring (bicyclic) bond motifs is 6. The van der Waals surface area contributed by atoms with Crippen molar-refractivity contribution >= 4 is 56.5 Å². The van der Waals surface area contributed by atoms with E-state index in [4.69, 9.17) is 4.74 Å². The van der Waals surface area contributed by atoms with E-state index < -0.39 is 23.4 Å². The average Bonchev–Trinajstić information content (AvgIpc) is 3.69. The maximum Gasteiger partial charge on any atom is 0.238 e. The number of thiophene rings is 1. The highest BCUT2D eigenvalue weighted by molar-refractivity contribution is 9.10. The Hall–Kier alpha value is -4.01. The van der Waals surface area contributed by atoms with Crippen LogP contribution in [0.25, 0.3) is 6.08 Å². The van der Waals surface area contributed by atoms with Gasteiger partial charge in [-0.05, 0) is 74.4 Å². The zero-order valence-electron chi connectivity index (χ0n) is 21.3. The first-order valence-corrected chi connectivity index (χ1v) is 14.5. The lowest BCUT2D eigenvalue weighted by Gasteiger charge is -2.38. The number of para-hydroxylation sites is 1. The van der Waals surface area contributed by atoms with Gasteiger partial charge in [-0.15, -0.1) is 11.3 Å². The summed E-state index contributed by atoms with van der Waals surface area (Å²) in [6.07, 6.45) is 3.84. The molecule has 1 aromatic heterocycles. The molecule has 4 heterocycles. The van der Waals surface area contributed by atoms with Gasteiger partial charge in [-0.2, -0.15) is 0 Å². The van der Waals surface area contributed by atoms with E-state index in [-0.39, 0.29) is 17.5 Å². The van der Waals surface area contributed by atoms with Crippen molar-refractivity contribution in [2.45, 2.75) is 17.5 Å². The van der Waals surface area contributed by atoms with Crippen molar-refractivity contribution in [1.29, 1.82) is 0 Å². The Morgan fingerprint density at radius 3 is 2.58 bits per heavy atom. The summed E-state index contributed by atoms with van der Waals surface area (Å²) < 4.78 is 6.02. The molecule has 0 bridgehead atoms. The zero-order valence-corrected chi connectivity index (χ0v) is 23.7. The fourth-order valence-corrected chi connectivity index (χ4v) is 7.97. The van der Waals surface area contributed by atoms with E-state index in [1.54, 1.807) is 31.4 Å². The normalized spacial score (nSPS) is 23.9. The second kappa shape index (κ2) is 9.28. The van der Waals surface area contributed by atoms with Crippen molar-refractivity contribution in [1.82, 2.24) is 4.90 Å². The minimum Gasteiger partial charge on any atom is -0.496 e. The Labute approximate surface area is 243 Å². The van der Waals surface area contributed by atoms with Crippen LogP contribution in [0.4, 0.5) is 5.69 Å². The molecular weight excluding hydrogens is 588 g/mol. The fourth-order valence-electron chi connectivity index (χ4n) is 6.73. The van der Waals surface area contributed by atoms with Crippen molar-refractivity contribution < 1.29 is 19.1 Å². The third-order valence-corrected chi connectivity index (χ3v) is 9.83. The number of benzene rings is 3. The Kier molecular flexibility index (Phi) is 5.80. The molecule has 0 unspecified atom stereocenters. The third-order valence-electron chi connectivity index (χ3n) is 8.32. The lowest BCUT2D eigenvalue weighted by molar-refractivity contribution is -0.122. The summed E-state index contributed by atoms with van der Waals surface area (Å²) in [4.78, 5) is 46.0. The summed E-state index contributed by atoms with van der Waals surface area (Å²) >= 11 is 4.83. The minimum absolute atomic E-state index is 0.215. The number of carbonyl (C=O) groups excluding carboxylic acids is 3. The first-order valence-electron chi connectivity index (χ1n) is 12.9. The molecule has 7 rings (SSSR count). The Bertz CT molecular complexity index is 1730. The maximum atomic E-state index is 14.6. The molecule has 3 aliphatic heterocycles. The summed E-state index contributed by atoms with van der Waals surface area (Å²) in [6, 6.07) is 22.7. The van der Waals surface area contributed by atoms with E-state index in [9.17, 15) is 14.4 Å². The van der Waals surface area contributed by atoms with Gasteiger partial charge in [0.2, 0.25) is 5.91 Å². The van der Waals surface area contributed by atoms with Gasteiger partial charge in [-0.25, -0.2) is 0 Å². The predicted molar refractivity (Wildman–Crippen MR) is 158 cm³/mol. The highest BCUT2D eigenvalue weighted by Crippen LogP contribution is 2.62. The molecule has 1 amide bonds. The topological polar surface area (TPSA) is 75.7 Å². The quantitative estimate of drug-likeness (QED) is 0.261. The number of methoxy groups -OCH3 is 1. The number of nitrogens with zero attached hydrogens (tertiary/aromatic N) is 1. The molecule has 0 saturated carbocycles. The van der Waals surface area contributed by atoms with Crippen LogP contribution in [0.2, 0.25) is 0 Å². The average molecular weight is 612 g/mol. The molecule has 4 aromatic rings. The second-order valence-electron chi connectivity index (χ2n) is 10.1. The van der Waals surface area contributed by atoms with E-state index >= 15 is 0 Å². The fraction of sp³-hybridized carbons (Fsp3) is 0.156. The number of hydrogen-bond acceptors (Lipinski definition) is 6. The smallest absolute Gasteiger partial charge is 0.238 e. The van der Waals surface area contributed by atoms with Crippen LogP contribution in [0.5, 0.6) is 5.75 Å². The number of ketones is 2. The number of ether oxygens (including phenoxy) is 1. The molecule has 40 heavy (non-hydrogen) atoms. The molecule has 1 N–H and O–H groups in total. The van der Waals surface area contributed by atoms with Gasteiger partial charge in [0.05, 0.1) is 28.4 Å². The summed E-state index contributed by atoms with van der Waals surface area (Å²) in [5.74, 6) is -1.10. The number of halogens is 1. The summed E-state index contributed by atoms with van der Waals surface area (Å²) in [5.41, 5.74) is 2.37. The molecule has 8 heteroatoms. The molecule has 198 valence electrons. The number of amides is 1. The van der Waals surface area contributed by atoms with Crippen molar-refractivity contribution in [2.75, 3.05) is 12.4 Å². The lowest BCUT2D eigenvalue weighted by Crippen LogP contribution is -2.49. The Balaban J connectivity index is 1.52. The van der Waals surface area contributed by atoms with E-state index in [0.717, 1.165) is 16.7 Å². The van der Waals surface area contributed by atoms with Crippen molar-refractivity contribution in [3.05, 3.63) is 122 Å². The number of carbonyl (C=O) groups is 3. The molecule has 3 aromatic carbocycles. The molecule has 1 fully saturated rings. The van der Waals surface area contributed by atoms with E-state index in [1.807, 2.05) is 77.2 Å². The number of rotatable bonds is 5. The standard InChI is InChI=1S/C32H23BrN2O4S/c1-39-24-13-12-19(17-22(24)33)28(36)27-26(29(37)25-11-6-16-40-25)32(21-9-4-5-10-23(21)34-31(32)38)30-20-8-3-2-7-18(20)14-15-35(27)30/h2-17,26-27,30H,1H3,(H,34,38)/t26-,27+,30+,32+/m1/s1. The second-order valence-corrected chi connectivity index (χ2v) is 11.9. The van der Waals surface area contributed by atoms with Crippen LogP contribution in [0.1, 0.15) is 42.8 Å². The van der Waals surface area contributed by atoms with Crippen LogP contribution in [-0.4, -0.2) is 35.5 Å². The van der Waals surface area contributed by atoms with Crippen LogP contribution >= 0.6 is 27.3 Å². The Morgan fingerprint density at radius 1 is 1.00 bits per heavy atom. The van der Waals surface area contributed by atoms with Gasteiger partial charge in [-0.1, -0.05) is 48.5 Å². The highest BCUT2D eigenvalue weighted by Gasteiger charge is 2.70. The van der Waals surface area contributed by atoms with Crippen molar-refractivity contribution in [3.63, 3.8) is 0 Å². The number of anilines is 1. The number of nitrogens with one attached hydrogen (secondary N) is 1. The summed E-state index contributed by atoms with van der Waals surface area (Å²) in [5, 5.41) is 4.92. The van der Waals surface area contributed by atoms with Gasteiger partial charge < -0.3 is 15.0 Å². The first kappa shape index (κ1) is 25.0. The number of Topliss-reactive ketones (excluding diaryl/α,β-unsaturated/α-hetero) is 2. The van der Waals surface area contributed by atoms with Gasteiger partial charge in [-0.3, -0.25) is 14.4 Å². The first-order chi connectivity index (χ1) is 19.5. The predicted octanol–water partition coefficient (Wildman–Crippen LogP) is 6.50. The van der Waals surface area contributed by atoms with E-state index in [0.29, 0.717) is 26.4 Å². The zero-order chi connectivity index (χ0) is 27.6. The lowest BCUT2D eigenvalue weighted by atomic mass is 9.63. The van der Waals surface area contributed by atoms with Gasteiger partial charge in [0, 0.05) is 17.5 Å². The van der Waals surface area contributed by atoms with Gasteiger partial charge in [0.25, 0.3) is 0 Å². The molecule has 1 saturated heterocycles.